The third-order valence-electron chi connectivity index (χ3n) is 1.22. The van der Waals surface area contributed by atoms with Gasteiger partial charge in [0.05, 0.1) is 0 Å². The summed E-state index contributed by atoms with van der Waals surface area (Å²) in [5, 5.41) is 12.3. The van der Waals surface area contributed by atoms with E-state index < -0.39 is 0 Å². The molecule has 1 aromatic heterocycles. The standard InChI is InChI=1S/C6H9N2O/c1-8-6(3-5-9)2-4-7-8/h2,9H,3,5H2,1H3. The second-order valence-corrected chi connectivity index (χ2v) is 1.86. The van der Waals surface area contributed by atoms with E-state index in [1.165, 1.54) is 0 Å². The molecule has 0 atom stereocenters. The van der Waals surface area contributed by atoms with Crippen LogP contribution in [0.1, 0.15) is 5.69 Å². The van der Waals surface area contributed by atoms with Crippen LogP contribution < -0.4 is 0 Å². The lowest BCUT2D eigenvalue weighted by atomic mass is 10.3. The number of aliphatic hydroxyl groups excluding tert-OH is 1. The number of aromatic nitrogens is 2. The Balaban J connectivity index is 2.69. The lowest BCUT2D eigenvalue weighted by Gasteiger charge is -1.95. The van der Waals surface area contributed by atoms with Gasteiger partial charge < -0.3 is 5.11 Å². The van der Waals surface area contributed by atoms with E-state index in [4.69, 9.17) is 5.11 Å². The van der Waals surface area contributed by atoms with Crippen molar-refractivity contribution < 1.29 is 5.11 Å². The highest BCUT2D eigenvalue weighted by Gasteiger charge is 1.94. The lowest BCUT2D eigenvalue weighted by Crippen LogP contribution is -1.99. The first-order valence-electron chi connectivity index (χ1n) is 2.84. The third-order valence-corrected chi connectivity index (χ3v) is 1.22. The molecule has 1 radical (unpaired) electrons. The Morgan fingerprint density at radius 1 is 1.89 bits per heavy atom. The number of nitrogens with zero attached hydrogens (tertiary/aromatic N) is 2. The molecule has 1 N–H and O–H groups in total. The second kappa shape index (κ2) is 2.64. The van der Waals surface area contributed by atoms with Crippen molar-refractivity contribution in [2.24, 2.45) is 7.05 Å². The first kappa shape index (κ1) is 6.29. The number of aliphatic hydroxyl groups is 1. The van der Waals surface area contributed by atoms with Crippen LogP contribution >= 0.6 is 0 Å². The van der Waals surface area contributed by atoms with E-state index in [0.717, 1.165) is 5.69 Å². The summed E-state index contributed by atoms with van der Waals surface area (Å²) in [6.45, 7) is 0.174. The van der Waals surface area contributed by atoms with Gasteiger partial charge in [-0.15, -0.1) is 0 Å². The number of rotatable bonds is 2. The van der Waals surface area contributed by atoms with Crippen molar-refractivity contribution in [3.05, 3.63) is 18.0 Å². The summed E-state index contributed by atoms with van der Waals surface area (Å²) < 4.78 is 1.70. The molecular formula is C6H9N2O. The van der Waals surface area contributed by atoms with E-state index in [0.29, 0.717) is 6.42 Å². The molecule has 0 aliphatic rings. The van der Waals surface area contributed by atoms with E-state index in [1.807, 2.05) is 7.05 Å². The molecule has 1 heterocycles. The van der Waals surface area contributed by atoms with Crippen molar-refractivity contribution >= 4 is 0 Å². The molecule has 49 valence electrons. The normalized spacial score (nSPS) is 10.0. The summed E-state index contributed by atoms with van der Waals surface area (Å²) in [5.41, 5.74) is 1.01. The van der Waals surface area contributed by atoms with Crippen molar-refractivity contribution in [1.82, 2.24) is 9.78 Å². The van der Waals surface area contributed by atoms with Gasteiger partial charge in [-0.25, -0.2) is 0 Å². The SMILES string of the molecule is Cn1n[c]cc1CCO. The van der Waals surface area contributed by atoms with Crippen LogP contribution in [0.15, 0.2) is 6.07 Å². The molecular weight excluding hydrogens is 116 g/mol. The molecule has 0 saturated carbocycles. The molecule has 9 heavy (non-hydrogen) atoms. The molecule has 3 nitrogen and oxygen atoms in total. The average molecular weight is 125 g/mol. The highest BCUT2D eigenvalue weighted by molar-refractivity contribution is 4.98. The minimum Gasteiger partial charge on any atom is -0.396 e. The molecule has 0 amide bonds. The van der Waals surface area contributed by atoms with Crippen molar-refractivity contribution in [2.75, 3.05) is 6.61 Å². The van der Waals surface area contributed by atoms with Crippen molar-refractivity contribution in [1.29, 1.82) is 0 Å². The molecule has 0 aliphatic carbocycles. The maximum atomic E-state index is 8.51. The Labute approximate surface area is 53.9 Å². The molecule has 0 aromatic carbocycles. The minimum absolute atomic E-state index is 0.174. The zero-order valence-electron chi connectivity index (χ0n) is 5.33. The predicted octanol–water partition coefficient (Wildman–Crippen LogP) is -0.245. The van der Waals surface area contributed by atoms with Crippen LogP contribution in [0, 0.1) is 6.20 Å². The van der Waals surface area contributed by atoms with Crippen LogP contribution in [0.5, 0.6) is 0 Å². The highest BCUT2D eigenvalue weighted by Crippen LogP contribution is 1.94. The lowest BCUT2D eigenvalue weighted by molar-refractivity contribution is 0.296. The number of aryl methyl sites for hydroxylation is 1. The summed E-state index contributed by atoms with van der Waals surface area (Å²) in [6, 6.07) is 1.77. The average Bonchev–Trinajstić information content (AvgIpc) is 2.18. The van der Waals surface area contributed by atoms with Gasteiger partial charge >= 0.3 is 0 Å². The van der Waals surface area contributed by atoms with Gasteiger partial charge in [-0.05, 0) is 6.07 Å². The summed E-state index contributed by atoms with van der Waals surface area (Å²) in [5.74, 6) is 0. The quantitative estimate of drug-likeness (QED) is 0.592. The number of hydrogen-bond donors (Lipinski definition) is 1. The molecule has 0 aliphatic heterocycles. The Morgan fingerprint density at radius 3 is 3.11 bits per heavy atom. The van der Waals surface area contributed by atoms with E-state index in [1.54, 1.807) is 10.7 Å². The Morgan fingerprint density at radius 2 is 2.67 bits per heavy atom. The zero-order chi connectivity index (χ0) is 6.69. The van der Waals surface area contributed by atoms with Gasteiger partial charge in [0, 0.05) is 25.8 Å². The van der Waals surface area contributed by atoms with Gasteiger partial charge in [-0.2, -0.15) is 5.10 Å². The molecule has 0 unspecified atom stereocenters. The van der Waals surface area contributed by atoms with E-state index in [2.05, 4.69) is 11.3 Å². The van der Waals surface area contributed by atoms with Gasteiger partial charge in [-0.1, -0.05) is 0 Å². The Kier molecular flexibility index (Phi) is 1.85. The molecule has 3 heteroatoms. The van der Waals surface area contributed by atoms with Crippen LogP contribution in [0.2, 0.25) is 0 Å². The van der Waals surface area contributed by atoms with Crippen LogP contribution in [0.4, 0.5) is 0 Å². The molecule has 1 aromatic rings. The first-order chi connectivity index (χ1) is 4.34. The molecule has 0 saturated heterocycles. The summed E-state index contributed by atoms with van der Waals surface area (Å²) in [7, 11) is 1.83. The van der Waals surface area contributed by atoms with Crippen LogP contribution in [-0.4, -0.2) is 21.5 Å². The molecule has 1 rings (SSSR count). The first-order valence-corrected chi connectivity index (χ1v) is 2.84. The third kappa shape index (κ3) is 1.29. The van der Waals surface area contributed by atoms with E-state index >= 15 is 0 Å². The fourth-order valence-corrected chi connectivity index (χ4v) is 0.696. The fourth-order valence-electron chi connectivity index (χ4n) is 0.696. The summed E-state index contributed by atoms with van der Waals surface area (Å²) in [4.78, 5) is 0. The minimum atomic E-state index is 0.174. The van der Waals surface area contributed by atoms with Crippen LogP contribution in [-0.2, 0) is 13.5 Å². The van der Waals surface area contributed by atoms with Crippen molar-refractivity contribution in [3.63, 3.8) is 0 Å². The van der Waals surface area contributed by atoms with E-state index in [9.17, 15) is 0 Å². The molecule has 0 bridgehead atoms. The van der Waals surface area contributed by atoms with E-state index in [-0.39, 0.29) is 6.61 Å². The zero-order valence-corrected chi connectivity index (χ0v) is 5.33. The topological polar surface area (TPSA) is 38.0 Å². The predicted molar refractivity (Wildman–Crippen MR) is 32.8 cm³/mol. The Bertz CT molecular complexity index is 183. The maximum absolute atomic E-state index is 8.51. The van der Waals surface area contributed by atoms with Crippen molar-refractivity contribution in [3.8, 4) is 0 Å². The fraction of sp³-hybridized carbons (Fsp3) is 0.500. The monoisotopic (exact) mass is 125 g/mol. The maximum Gasteiger partial charge on any atom is 0.113 e. The van der Waals surface area contributed by atoms with Crippen molar-refractivity contribution in [2.45, 2.75) is 6.42 Å². The van der Waals surface area contributed by atoms with Gasteiger partial charge in [0.25, 0.3) is 0 Å². The van der Waals surface area contributed by atoms with Gasteiger partial charge in [0.15, 0.2) is 0 Å². The number of hydrogen-bond acceptors (Lipinski definition) is 2. The van der Waals surface area contributed by atoms with Gasteiger partial charge in [0.2, 0.25) is 0 Å². The largest absolute Gasteiger partial charge is 0.396 e. The van der Waals surface area contributed by atoms with Gasteiger partial charge in [0.1, 0.15) is 6.20 Å². The highest BCUT2D eigenvalue weighted by atomic mass is 16.3. The molecule has 0 spiro atoms. The van der Waals surface area contributed by atoms with Crippen LogP contribution in [0.3, 0.4) is 0 Å². The van der Waals surface area contributed by atoms with Gasteiger partial charge in [-0.3, -0.25) is 4.68 Å². The Hall–Kier alpha value is -0.830. The summed E-state index contributed by atoms with van der Waals surface area (Å²) in [6.07, 6.45) is 3.34. The molecule has 0 fully saturated rings. The summed E-state index contributed by atoms with van der Waals surface area (Å²) >= 11 is 0. The second-order valence-electron chi connectivity index (χ2n) is 1.86. The smallest absolute Gasteiger partial charge is 0.113 e. The van der Waals surface area contributed by atoms with Crippen LogP contribution in [0.25, 0.3) is 0 Å².